The lowest BCUT2D eigenvalue weighted by atomic mass is 10.2. The first-order valence-corrected chi connectivity index (χ1v) is 3.01. The monoisotopic (exact) mass is 145 g/mol. The molecule has 0 atom stereocenters. The maximum absolute atomic E-state index is 10.6. The molecule has 10 heavy (non-hydrogen) atoms. The Bertz CT molecular complexity index is 142. The van der Waals surface area contributed by atoms with E-state index >= 15 is 0 Å². The molecule has 0 aliphatic heterocycles. The van der Waals surface area contributed by atoms with Gasteiger partial charge < -0.3 is 4.84 Å². The van der Waals surface area contributed by atoms with Crippen LogP contribution in [0.1, 0.15) is 20.8 Å². The van der Waals surface area contributed by atoms with Crippen LogP contribution in [-0.2, 0) is 14.4 Å². The van der Waals surface area contributed by atoms with Crippen molar-refractivity contribution in [2.24, 2.45) is 5.92 Å². The van der Waals surface area contributed by atoms with Crippen LogP contribution in [-0.4, -0.2) is 11.9 Å². The van der Waals surface area contributed by atoms with Crippen LogP contribution in [0.5, 0.6) is 0 Å². The zero-order chi connectivity index (χ0) is 8.15. The third kappa shape index (κ3) is 3.88. The summed E-state index contributed by atoms with van der Waals surface area (Å²) in [6.07, 6.45) is 0. The summed E-state index contributed by atoms with van der Waals surface area (Å²) in [5.74, 6) is -1.03. The van der Waals surface area contributed by atoms with Gasteiger partial charge in [0.05, 0.1) is 5.92 Å². The molecular formula is C6H11NO3. The molecule has 0 bridgehead atoms. The Balaban J connectivity index is 3.50. The van der Waals surface area contributed by atoms with E-state index in [-0.39, 0.29) is 11.8 Å². The van der Waals surface area contributed by atoms with Crippen LogP contribution >= 0.6 is 0 Å². The Labute approximate surface area is 59.5 Å². The fourth-order valence-corrected chi connectivity index (χ4v) is 0.240. The summed E-state index contributed by atoms with van der Waals surface area (Å²) in [5.41, 5.74) is 1.94. The second-order valence-electron chi connectivity index (χ2n) is 2.23. The molecule has 0 radical (unpaired) electrons. The molecule has 0 aromatic carbocycles. The van der Waals surface area contributed by atoms with Crippen molar-refractivity contribution in [3.8, 4) is 0 Å². The topological polar surface area (TPSA) is 55.4 Å². The third-order valence-electron chi connectivity index (χ3n) is 0.767. The maximum atomic E-state index is 10.6. The van der Waals surface area contributed by atoms with Crippen molar-refractivity contribution < 1.29 is 14.4 Å². The van der Waals surface area contributed by atoms with Gasteiger partial charge in [-0.2, -0.15) is 5.48 Å². The Kier molecular flexibility index (Phi) is 3.46. The molecule has 0 heterocycles. The van der Waals surface area contributed by atoms with Gasteiger partial charge in [-0.05, 0) is 0 Å². The van der Waals surface area contributed by atoms with Gasteiger partial charge in [0.2, 0.25) is 5.91 Å². The van der Waals surface area contributed by atoms with Crippen LogP contribution in [0.2, 0.25) is 0 Å². The van der Waals surface area contributed by atoms with Crippen molar-refractivity contribution >= 4 is 11.9 Å². The first kappa shape index (κ1) is 8.94. The number of hydroxylamine groups is 1. The molecule has 1 N–H and O–H groups in total. The molecule has 0 fully saturated rings. The van der Waals surface area contributed by atoms with Crippen LogP contribution < -0.4 is 5.48 Å². The van der Waals surface area contributed by atoms with E-state index < -0.39 is 5.97 Å². The van der Waals surface area contributed by atoms with Gasteiger partial charge in [-0.3, -0.25) is 4.79 Å². The second kappa shape index (κ2) is 3.87. The molecule has 4 heteroatoms. The first-order valence-electron chi connectivity index (χ1n) is 3.01. The number of nitrogens with one attached hydrogen (secondary N) is 1. The molecule has 0 aromatic rings. The molecule has 0 aromatic heterocycles. The van der Waals surface area contributed by atoms with E-state index in [1.807, 2.05) is 5.48 Å². The zero-order valence-corrected chi connectivity index (χ0v) is 6.30. The molecule has 0 spiro atoms. The maximum Gasteiger partial charge on any atom is 0.334 e. The lowest BCUT2D eigenvalue weighted by Gasteiger charge is -2.04. The van der Waals surface area contributed by atoms with Crippen LogP contribution in [0, 0.1) is 5.92 Å². The van der Waals surface area contributed by atoms with Crippen LogP contribution in [0.3, 0.4) is 0 Å². The van der Waals surface area contributed by atoms with E-state index in [0.717, 1.165) is 0 Å². The van der Waals surface area contributed by atoms with Crippen LogP contribution in [0.15, 0.2) is 0 Å². The molecule has 0 unspecified atom stereocenters. The third-order valence-corrected chi connectivity index (χ3v) is 0.767. The molecule has 0 aliphatic carbocycles. The van der Waals surface area contributed by atoms with Crippen molar-refractivity contribution in [3.05, 3.63) is 0 Å². The van der Waals surface area contributed by atoms with Gasteiger partial charge in [-0.1, -0.05) is 13.8 Å². The Morgan fingerprint density at radius 1 is 1.40 bits per heavy atom. The highest BCUT2D eigenvalue weighted by Crippen LogP contribution is 1.92. The number of amides is 1. The van der Waals surface area contributed by atoms with E-state index in [1.54, 1.807) is 13.8 Å². The molecule has 58 valence electrons. The van der Waals surface area contributed by atoms with Gasteiger partial charge in [-0.15, -0.1) is 0 Å². The van der Waals surface area contributed by atoms with Gasteiger partial charge in [0, 0.05) is 6.92 Å². The average molecular weight is 145 g/mol. The van der Waals surface area contributed by atoms with Crippen molar-refractivity contribution in [1.29, 1.82) is 0 Å². The second-order valence-corrected chi connectivity index (χ2v) is 2.23. The number of carbonyl (C=O) groups excluding carboxylic acids is 2. The predicted molar refractivity (Wildman–Crippen MR) is 34.7 cm³/mol. The summed E-state index contributed by atoms with van der Waals surface area (Å²) >= 11 is 0. The number of rotatable bonds is 1. The van der Waals surface area contributed by atoms with Crippen molar-refractivity contribution in [1.82, 2.24) is 5.48 Å². The summed E-state index contributed by atoms with van der Waals surface area (Å²) in [6, 6.07) is 0. The Morgan fingerprint density at radius 2 is 1.90 bits per heavy atom. The molecule has 0 rings (SSSR count). The molecule has 1 amide bonds. The quantitative estimate of drug-likeness (QED) is 0.537. The van der Waals surface area contributed by atoms with Gasteiger partial charge in [0.25, 0.3) is 0 Å². The summed E-state index contributed by atoms with van der Waals surface area (Å²) in [4.78, 5) is 25.1. The first-order chi connectivity index (χ1) is 4.54. The molecule has 0 saturated carbocycles. The molecule has 0 aliphatic rings. The van der Waals surface area contributed by atoms with Crippen LogP contribution in [0.25, 0.3) is 0 Å². The highest BCUT2D eigenvalue weighted by atomic mass is 16.7. The highest BCUT2D eigenvalue weighted by molar-refractivity contribution is 5.76. The van der Waals surface area contributed by atoms with Gasteiger partial charge in [0.15, 0.2) is 0 Å². The molecular weight excluding hydrogens is 134 g/mol. The summed E-state index contributed by atoms with van der Waals surface area (Å²) in [5, 5.41) is 0. The normalized spacial score (nSPS) is 9.20. The number of hydrogen-bond donors (Lipinski definition) is 1. The summed E-state index contributed by atoms with van der Waals surface area (Å²) in [7, 11) is 0. The SMILES string of the molecule is CC(=O)NOC(=O)C(C)C. The van der Waals surface area contributed by atoms with Gasteiger partial charge >= 0.3 is 5.97 Å². The van der Waals surface area contributed by atoms with Gasteiger partial charge in [-0.25, -0.2) is 4.79 Å². The van der Waals surface area contributed by atoms with E-state index in [0.29, 0.717) is 0 Å². The average Bonchev–Trinajstić information content (AvgIpc) is 1.82. The Hall–Kier alpha value is -1.06. The fraction of sp³-hybridized carbons (Fsp3) is 0.667. The smallest absolute Gasteiger partial charge is 0.334 e. The highest BCUT2D eigenvalue weighted by Gasteiger charge is 2.08. The van der Waals surface area contributed by atoms with E-state index in [2.05, 4.69) is 4.84 Å². The van der Waals surface area contributed by atoms with Crippen LogP contribution in [0.4, 0.5) is 0 Å². The van der Waals surface area contributed by atoms with Gasteiger partial charge in [0.1, 0.15) is 0 Å². The lowest BCUT2D eigenvalue weighted by molar-refractivity contribution is -0.160. The predicted octanol–water partition coefficient (Wildman–Crippen LogP) is 0.237. The van der Waals surface area contributed by atoms with E-state index in [9.17, 15) is 9.59 Å². The lowest BCUT2D eigenvalue weighted by Crippen LogP contribution is -2.26. The number of hydrogen-bond acceptors (Lipinski definition) is 3. The van der Waals surface area contributed by atoms with Crippen molar-refractivity contribution in [2.45, 2.75) is 20.8 Å². The minimum absolute atomic E-state index is 0.216. The van der Waals surface area contributed by atoms with E-state index in [1.165, 1.54) is 6.92 Å². The zero-order valence-electron chi connectivity index (χ0n) is 6.30. The summed E-state index contributed by atoms with van der Waals surface area (Å²) < 4.78 is 0. The number of carbonyl (C=O) groups is 2. The Morgan fingerprint density at radius 3 is 2.20 bits per heavy atom. The van der Waals surface area contributed by atoms with Crippen molar-refractivity contribution in [3.63, 3.8) is 0 Å². The van der Waals surface area contributed by atoms with Crippen molar-refractivity contribution in [2.75, 3.05) is 0 Å². The summed E-state index contributed by atoms with van der Waals surface area (Å²) in [6.45, 7) is 4.64. The minimum atomic E-state index is -0.435. The van der Waals surface area contributed by atoms with E-state index in [4.69, 9.17) is 0 Å². The molecule has 4 nitrogen and oxygen atoms in total. The fourth-order valence-electron chi connectivity index (χ4n) is 0.240. The molecule has 0 saturated heterocycles. The minimum Gasteiger partial charge on any atom is -0.341 e. The largest absolute Gasteiger partial charge is 0.341 e. The standard InChI is InChI=1S/C6H11NO3/c1-4(2)6(9)10-7-5(3)8/h4H,1-3H3,(H,7,8).